The molecule has 0 fully saturated rings. The van der Waals surface area contributed by atoms with E-state index in [1.807, 2.05) is 19.1 Å². The smallest absolute Gasteiger partial charge is 0.416 e. The summed E-state index contributed by atoms with van der Waals surface area (Å²) in [6.07, 6.45) is -5.18. The largest absolute Gasteiger partial charge is 0.491 e. The number of aryl methyl sites for hydroxylation is 1. The van der Waals surface area contributed by atoms with Gasteiger partial charge in [-0.2, -0.15) is 13.2 Å². The summed E-state index contributed by atoms with van der Waals surface area (Å²) in [5, 5.41) is 18.3. The van der Waals surface area contributed by atoms with Crippen molar-refractivity contribution in [2.75, 3.05) is 25.6 Å². The molecule has 0 saturated heterocycles. The van der Waals surface area contributed by atoms with Crippen molar-refractivity contribution in [1.82, 2.24) is 0 Å². The van der Waals surface area contributed by atoms with Crippen molar-refractivity contribution in [3.8, 4) is 11.5 Å². The second kappa shape index (κ2) is 10.6. The number of aliphatic hydroxyl groups excluding tert-OH is 1. The molecule has 28 heavy (non-hydrogen) atoms. The van der Waals surface area contributed by atoms with Crippen molar-refractivity contribution >= 4 is 11.8 Å². The first-order valence-corrected chi connectivity index (χ1v) is 9.39. The number of ether oxygens (including phenoxy) is 2. The van der Waals surface area contributed by atoms with Crippen molar-refractivity contribution < 1.29 is 37.9 Å². The molecule has 0 unspecified atom stereocenters. The number of thioether (sulfide) groups is 1. The molecule has 2 rings (SSSR count). The Morgan fingerprint density at radius 3 is 2.36 bits per heavy atom. The number of halogens is 3. The highest BCUT2D eigenvalue weighted by molar-refractivity contribution is 7.99. The van der Waals surface area contributed by atoms with Gasteiger partial charge in [0.15, 0.2) is 0 Å². The molecule has 0 amide bonds. The highest BCUT2D eigenvalue weighted by atomic mass is 32.2. The normalized spacial score (nSPS) is 12.6. The van der Waals surface area contributed by atoms with Gasteiger partial charge in [0, 0.05) is 10.6 Å². The molecule has 0 aliphatic carbocycles. The molecule has 9 heteroatoms. The van der Waals surface area contributed by atoms with E-state index in [-0.39, 0.29) is 25.6 Å². The van der Waals surface area contributed by atoms with Gasteiger partial charge in [-0.15, -0.1) is 11.8 Å². The summed E-state index contributed by atoms with van der Waals surface area (Å²) in [6, 6.07) is 9.88. The lowest BCUT2D eigenvalue weighted by atomic mass is 10.2. The van der Waals surface area contributed by atoms with Crippen molar-refractivity contribution in [2.45, 2.75) is 24.1 Å². The average Bonchev–Trinajstić information content (AvgIpc) is 2.66. The van der Waals surface area contributed by atoms with Crippen LogP contribution in [0.25, 0.3) is 0 Å². The van der Waals surface area contributed by atoms with Gasteiger partial charge >= 0.3 is 6.18 Å². The van der Waals surface area contributed by atoms with Crippen LogP contribution < -0.4 is 9.47 Å². The van der Waals surface area contributed by atoms with E-state index in [1.54, 1.807) is 6.07 Å². The molecule has 0 heterocycles. The first-order chi connectivity index (χ1) is 13.3. The van der Waals surface area contributed by atoms with Crippen molar-refractivity contribution in [1.29, 1.82) is 0 Å². The summed E-state index contributed by atoms with van der Waals surface area (Å²) in [7, 11) is 0. The molecule has 0 saturated carbocycles. The number of hydrogen-bond donors (Lipinski definition) is 2. The lowest BCUT2D eigenvalue weighted by molar-refractivity contribution is -0.245. The molecular weight excluding hydrogens is 397 g/mol. The van der Waals surface area contributed by atoms with Gasteiger partial charge in [-0.3, -0.25) is 5.26 Å². The molecule has 0 bridgehead atoms. The second-order valence-electron chi connectivity index (χ2n) is 5.91. The molecule has 2 N–H and O–H groups in total. The highest BCUT2D eigenvalue weighted by Crippen LogP contribution is 2.30. The Morgan fingerprint density at radius 1 is 1.04 bits per heavy atom. The minimum absolute atomic E-state index is 0.0281. The zero-order valence-corrected chi connectivity index (χ0v) is 15.9. The van der Waals surface area contributed by atoms with Gasteiger partial charge in [0.25, 0.3) is 0 Å². The molecule has 2 aromatic carbocycles. The van der Waals surface area contributed by atoms with Gasteiger partial charge in [0.1, 0.15) is 31.3 Å². The fraction of sp³-hybridized carbons (Fsp3) is 0.368. The summed E-state index contributed by atoms with van der Waals surface area (Å²) in [5.74, 6) is 1.30. The average molecular weight is 418 g/mol. The zero-order chi connectivity index (χ0) is 20.6. The van der Waals surface area contributed by atoms with Crippen LogP contribution in [0.4, 0.5) is 13.2 Å². The quantitative estimate of drug-likeness (QED) is 0.258. The maximum Gasteiger partial charge on any atom is 0.416 e. The molecule has 2 aromatic rings. The Hall–Kier alpha value is -1.94. The van der Waals surface area contributed by atoms with Crippen LogP contribution in [0.2, 0.25) is 0 Å². The summed E-state index contributed by atoms with van der Waals surface area (Å²) < 4.78 is 48.3. The number of alkyl halides is 3. The van der Waals surface area contributed by atoms with Crippen LogP contribution in [0.1, 0.15) is 11.1 Å². The third-order valence-corrected chi connectivity index (χ3v) is 4.78. The topological polar surface area (TPSA) is 68.2 Å². The molecule has 5 nitrogen and oxygen atoms in total. The first-order valence-electron chi connectivity index (χ1n) is 8.40. The Morgan fingerprint density at radius 2 is 1.75 bits per heavy atom. The molecule has 154 valence electrons. The molecule has 0 aromatic heterocycles. The third-order valence-electron chi connectivity index (χ3n) is 3.64. The van der Waals surface area contributed by atoms with Gasteiger partial charge in [-0.25, -0.2) is 4.89 Å². The standard InChI is InChI=1S/C19H21F3O5S/c1-13-10-17(6-7-18(13)25-8-9-27-24)28-12-15(23)11-26-16-4-2-14(3-5-16)19(20,21)22/h2-7,10,15,23-24H,8-9,11-12H2,1H3/t15-/m1/s1. The van der Waals surface area contributed by atoms with Gasteiger partial charge in [0.05, 0.1) is 11.7 Å². The minimum Gasteiger partial charge on any atom is -0.491 e. The maximum atomic E-state index is 12.5. The molecule has 0 spiro atoms. The van der Waals surface area contributed by atoms with E-state index in [2.05, 4.69) is 4.89 Å². The molecule has 0 aliphatic heterocycles. The minimum atomic E-state index is -4.39. The van der Waals surface area contributed by atoms with Crippen LogP contribution in [0.5, 0.6) is 11.5 Å². The molecule has 0 aliphatic rings. The van der Waals surface area contributed by atoms with E-state index < -0.39 is 17.8 Å². The molecular formula is C19H21F3O5S. The van der Waals surface area contributed by atoms with Crippen LogP contribution in [0, 0.1) is 6.92 Å². The van der Waals surface area contributed by atoms with E-state index in [4.69, 9.17) is 14.7 Å². The monoisotopic (exact) mass is 418 g/mol. The summed E-state index contributed by atoms with van der Waals surface area (Å²) in [5.41, 5.74) is 0.154. The Labute approximate surface area is 165 Å². The lowest BCUT2D eigenvalue weighted by Gasteiger charge is -2.14. The predicted molar refractivity (Wildman–Crippen MR) is 98.9 cm³/mol. The van der Waals surface area contributed by atoms with Crippen molar-refractivity contribution in [3.63, 3.8) is 0 Å². The van der Waals surface area contributed by atoms with Crippen LogP contribution in [-0.2, 0) is 11.1 Å². The van der Waals surface area contributed by atoms with Gasteiger partial charge in [0.2, 0.25) is 0 Å². The number of hydrogen-bond acceptors (Lipinski definition) is 6. The summed E-state index contributed by atoms with van der Waals surface area (Å²) >= 11 is 1.42. The lowest BCUT2D eigenvalue weighted by Crippen LogP contribution is -2.20. The van der Waals surface area contributed by atoms with E-state index in [0.29, 0.717) is 11.5 Å². The van der Waals surface area contributed by atoms with Gasteiger partial charge in [-0.1, -0.05) is 0 Å². The van der Waals surface area contributed by atoms with Crippen LogP contribution in [-0.4, -0.2) is 42.0 Å². The van der Waals surface area contributed by atoms with Crippen LogP contribution in [0.3, 0.4) is 0 Å². The number of aliphatic hydroxyl groups is 1. The fourth-order valence-corrected chi connectivity index (χ4v) is 3.14. The van der Waals surface area contributed by atoms with Crippen molar-refractivity contribution in [2.24, 2.45) is 0 Å². The zero-order valence-electron chi connectivity index (χ0n) is 15.1. The Kier molecular flexibility index (Phi) is 8.43. The van der Waals surface area contributed by atoms with Gasteiger partial charge in [-0.05, 0) is 55.0 Å². The van der Waals surface area contributed by atoms with E-state index in [9.17, 15) is 18.3 Å². The van der Waals surface area contributed by atoms with Crippen molar-refractivity contribution in [3.05, 3.63) is 53.6 Å². The van der Waals surface area contributed by atoms with E-state index in [1.165, 1.54) is 23.9 Å². The fourth-order valence-electron chi connectivity index (χ4n) is 2.24. The summed E-state index contributed by atoms with van der Waals surface area (Å²) in [6.45, 7) is 2.15. The maximum absolute atomic E-state index is 12.5. The molecule has 0 radical (unpaired) electrons. The SMILES string of the molecule is Cc1cc(SC[C@H](O)COc2ccc(C(F)(F)F)cc2)ccc1OCCOO. The van der Waals surface area contributed by atoms with Gasteiger partial charge < -0.3 is 14.6 Å². The predicted octanol–water partition coefficient (Wildman–Crippen LogP) is 4.41. The summed E-state index contributed by atoms with van der Waals surface area (Å²) in [4.78, 5) is 4.88. The Balaban J connectivity index is 1.77. The molecule has 1 atom stereocenters. The Bertz CT molecular complexity index is 737. The second-order valence-corrected chi connectivity index (χ2v) is 7.00. The van der Waals surface area contributed by atoms with Crippen LogP contribution in [0.15, 0.2) is 47.4 Å². The first kappa shape index (κ1) is 22.4. The highest BCUT2D eigenvalue weighted by Gasteiger charge is 2.30. The van der Waals surface area contributed by atoms with Crippen LogP contribution >= 0.6 is 11.8 Å². The van der Waals surface area contributed by atoms with E-state index in [0.717, 1.165) is 22.6 Å². The van der Waals surface area contributed by atoms with E-state index >= 15 is 0 Å². The number of benzene rings is 2. The third kappa shape index (κ3) is 7.23. The number of rotatable bonds is 10.